The van der Waals surface area contributed by atoms with E-state index in [0.29, 0.717) is 11.5 Å². The average molecular weight is 611 g/mol. The van der Waals surface area contributed by atoms with Crippen molar-refractivity contribution in [3.63, 3.8) is 0 Å². The van der Waals surface area contributed by atoms with Crippen LogP contribution in [0.25, 0.3) is 0 Å². The monoisotopic (exact) mass is 610 g/mol. The van der Waals surface area contributed by atoms with Gasteiger partial charge in [0.25, 0.3) is 5.91 Å². The van der Waals surface area contributed by atoms with Crippen LogP contribution >= 0.6 is 0 Å². The third kappa shape index (κ3) is 9.45. The van der Waals surface area contributed by atoms with E-state index in [-0.39, 0.29) is 51.3 Å². The molecular weight excluding hydrogens is 568 g/mol. The first-order valence-corrected chi connectivity index (χ1v) is 14.6. The third-order valence-corrected chi connectivity index (χ3v) is 7.66. The van der Waals surface area contributed by atoms with Gasteiger partial charge in [0.15, 0.2) is 6.61 Å². The molecule has 4 N–H and O–H groups in total. The molecule has 0 spiro atoms. The molecule has 2 aromatic carbocycles. The number of carbonyl (C=O) groups is 5. The van der Waals surface area contributed by atoms with Gasteiger partial charge >= 0.3 is 12.1 Å². The van der Waals surface area contributed by atoms with Crippen LogP contribution < -0.4 is 25.8 Å². The number of para-hydroxylation sites is 2. The molecule has 238 valence electrons. The number of rotatable bonds is 13. The minimum absolute atomic E-state index is 0.0249. The van der Waals surface area contributed by atoms with Crippen molar-refractivity contribution in [1.82, 2.24) is 15.5 Å². The summed E-state index contributed by atoms with van der Waals surface area (Å²) in [4.78, 5) is 65.9. The number of nitrogens with one attached hydrogen (secondary N) is 2. The zero-order valence-corrected chi connectivity index (χ0v) is 25.7. The number of piperidine rings is 1. The summed E-state index contributed by atoms with van der Waals surface area (Å²) < 4.78 is 16.0. The second-order valence-corrected chi connectivity index (χ2v) is 11.4. The Morgan fingerprint density at radius 1 is 0.932 bits per heavy atom. The summed E-state index contributed by atoms with van der Waals surface area (Å²) >= 11 is 0. The third-order valence-electron chi connectivity index (χ3n) is 7.66. The molecule has 0 aromatic heterocycles. The van der Waals surface area contributed by atoms with Crippen molar-refractivity contribution in [2.24, 2.45) is 17.1 Å². The van der Waals surface area contributed by atoms with Crippen LogP contribution in [0.2, 0.25) is 0 Å². The van der Waals surface area contributed by atoms with Crippen molar-refractivity contribution >= 4 is 29.8 Å². The fraction of sp³-hybridized carbons (Fsp3) is 0.469. The molecular formula is C32H42N4O8. The van der Waals surface area contributed by atoms with Gasteiger partial charge in [0.1, 0.15) is 23.6 Å². The summed E-state index contributed by atoms with van der Waals surface area (Å²) in [6, 6.07) is 13.7. The second kappa shape index (κ2) is 15.7. The Morgan fingerprint density at radius 3 is 2.16 bits per heavy atom. The lowest BCUT2D eigenvalue weighted by Crippen LogP contribution is -2.56. The van der Waals surface area contributed by atoms with E-state index in [1.54, 1.807) is 42.5 Å². The van der Waals surface area contributed by atoms with E-state index in [4.69, 9.17) is 19.9 Å². The van der Waals surface area contributed by atoms with E-state index < -0.39 is 47.3 Å². The van der Waals surface area contributed by atoms with Gasteiger partial charge in [0.05, 0.1) is 12.5 Å². The molecule has 0 unspecified atom stereocenters. The highest BCUT2D eigenvalue weighted by atomic mass is 16.6. The number of primary amides is 1. The molecule has 4 amide bonds. The summed E-state index contributed by atoms with van der Waals surface area (Å²) in [5.41, 5.74) is 5.50. The first-order valence-electron chi connectivity index (χ1n) is 14.6. The molecule has 1 heterocycles. The number of nitrogens with two attached hydrogens (primary N) is 1. The van der Waals surface area contributed by atoms with Crippen LogP contribution in [0.4, 0.5) is 4.79 Å². The predicted octanol–water partition coefficient (Wildman–Crippen LogP) is 2.72. The van der Waals surface area contributed by atoms with Crippen molar-refractivity contribution in [2.45, 2.75) is 58.5 Å². The van der Waals surface area contributed by atoms with Crippen LogP contribution in [0, 0.1) is 18.3 Å². The minimum atomic E-state index is -1.22. The van der Waals surface area contributed by atoms with Crippen molar-refractivity contribution in [2.75, 3.05) is 26.8 Å². The zero-order chi connectivity index (χ0) is 32.3. The van der Waals surface area contributed by atoms with Crippen LogP contribution in [0.15, 0.2) is 54.6 Å². The molecule has 0 bridgehead atoms. The van der Waals surface area contributed by atoms with Crippen molar-refractivity contribution in [1.29, 1.82) is 0 Å². The van der Waals surface area contributed by atoms with Gasteiger partial charge in [-0.25, -0.2) is 9.59 Å². The fourth-order valence-electron chi connectivity index (χ4n) is 5.12. The van der Waals surface area contributed by atoms with Crippen LogP contribution in [-0.4, -0.2) is 73.6 Å². The molecule has 12 nitrogen and oxygen atoms in total. The number of esters is 1. The predicted molar refractivity (Wildman–Crippen MR) is 162 cm³/mol. The quantitative estimate of drug-likeness (QED) is 0.291. The number of benzene rings is 2. The highest BCUT2D eigenvalue weighted by Crippen LogP contribution is 2.36. The molecule has 12 heteroatoms. The van der Waals surface area contributed by atoms with Gasteiger partial charge in [-0.05, 0) is 62.3 Å². The van der Waals surface area contributed by atoms with Gasteiger partial charge in [-0.3, -0.25) is 14.4 Å². The topological polar surface area (TPSA) is 166 Å². The molecule has 0 aliphatic carbocycles. The molecule has 1 fully saturated rings. The maximum atomic E-state index is 13.4. The number of likely N-dealkylation sites (tertiary alicyclic amines) is 1. The maximum Gasteiger partial charge on any atom is 0.415 e. The lowest BCUT2D eigenvalue weighted by Gasteiger charge is -2.40. The number of aryl methyl sites for hydroxylation is 1. The second-order valence-electron chi connectivity index (χ2n) is 11.4. The first kappa shape index (κ1) is 33.9. The van der Waals surface area contributed by atoms with Crippen molar-refractivity contribution in [3.05, 3.63) is 60.2 Å². The van der Waals surface area contributed by atoms with Crippen molar-refractivity contribution < 1.29 is 38.2 Å². The Hall–Kier alpha value is -4.61. The van der Waals surface area contributed by atoms with Gasteiger partial charge in [0, 0.05) is 13.1 Å². The standard InChI is InChI=1S/C32H42N4O8/c1-21(2)18-24(34-27(37)20-43-26-13-9-8-10-22(26)3)28(38)35-25(29(39)42-4)19-32(30(33)40)14-16-36(17-15-32)31(41)44-23-11-6-5-7-12-23/h5-13,21,24-25H,14-20H2,1-4H3,(H2,33,40)(H,34,37)(H,35,38)/t24-,25-/m0/s1. The van der Waals surface area contributed by atoms with E-state index in [1.807, 2.05) is 32.9 Å². The van der Waals surface area contributed by atoms with Gasteiger partial charge in [0.2, 0.25) is 11.8 Å². The maximum absolute atomic E-state index is 13.4. The molecule has 2 atom stereocenters. The molecule has 3 rings (SSSR count). The number of hydrogen-bond acceptors (Lipinski definition) is 8. The number of ether oxygens (including phenoxy) is 3. The lowest BCUT2D eigenvalue weighted by molar-refractivity contribution is -0.148. The normalized spacial score (nSPS) is 15.4. The number of amides is 4. The molecule has 1 aliphatic rings. The Kier molecular flexibility index (Phi) is 12.1. The average Bonchev–Trinajstić information content (AvgIpc) is 3.00. The number of carbonyl (C=O) groups excluding carboxylic acids is 5. The van der Waals surface area contributed by atoms with Gasteiger partial charge < -0.3 is 35.5 Å². The van der Waals surface area contributed by atoms with Crippen LogP contribution in [0.1, 0.15) is 45.1 Å². The summed E-state index contributed by atoms with van der Waals surface area (Å²) in [6.07, 6.45) is -0.113. The Bertz CT molecular complexity index is 1310. The smallest absolute Gasteiger partial charge is 0.415 e. The Balaban J connectivity index is 1.67. The molecule has 0 radical (unpaired) electrons. The van der Waals surface area contributed by atoms with Gasteiger partial charge in [-0.2, -0.15) is 0 Å². The minimum Gasteiger partial charge on any atom is -0.484 e. The van der Waals surface area contributed by atoms with E-state index in [9.17, 15) is 24.0 Å². The lowest BCUT2D eigenvalue weighted by atomic mass is 9.73. The molecule has 1 saturated heterocycles. The number of methoxy groups -OCH3 is 1. The van der Waals surface area contributed by atoms with Gasteiger partial charge in [-0.1, -0.05) is 50.2 Å². The van der Waals surface area contributed by atoms with Gasteiger partial charge in [-0.15, -0.1) is 0 Å². The number of hydrogen-bond donors (Lipinski definition) is 3. The van der Waals surface area contributed by atoms with E-state index in [2.05, 4.69) is 10.6 Å². The molecule has 1 aliphatic heterocycles. The fourth-order valence-corrected chi connectivity index (χ4v) is 5.12. The molecule has 2 aromatic rings. The van der Waals surface area contributed by atoms with E-state index >= 15 is 0 Å². The first-order chi connectivity index (χ1) is 20.9. The number of nitrogens with zero attached hydrogens (tertiary/aromatic N) is 1. The summed E-state index contributed by atoms with van der Waals surface area (Å²) in [5, 5.41) is 5.37. The van der Waals surface area contributed by atoms with Crippen LogP contribution in [-0.2, 0) is 23.9 Å². The highest BCUT2D eigenvalue weighted by Gasteiger charge is 2.45. The van der Waals surface area contributed by atoms with Crippen LogP contribution in [0.5, 0.6) is 11.5 Å². The van der Waals surface area contributed by atoms with Crippen LogP contribution in [0.3, 0.4) is 0 Å². The summed E-state index contributed by atoms with van der Waals surface area (Å²) in [5.74, 6) is -1.57. The molecule has 44 heavy (non-hydrogen) atoms. The Morgan fingerprint density at radius 2 is 1.57 bits per heavy atom. The van der Waals surface area contributed by atoms with Crippen molar-refractivity contribution in [3.8, 4) is 11.5 Å². The zero-order valence-electron chi connectivity index (χ0n) is 25.7. The Labute approximate surface area is 257 Å². The summed E-state index contributed by atoms with van der Waals surface area (Å²) in [6.45, 7) is 5.65. The van der Waals surface area contributed by atoms with E-state index in [0.717, 1.165) is 5.56 Å². The summed E-state index contributed by atoms with van der Waals surface area (Å²) in [7, 11) is 1.18. The molecule has 0 saturated carbocycles. The largest absolute Gasteiger partial charge is 0.484 e. The van der Waals surface area contributed by atoms with E-state index in [1.165, 1.54) is 12.0 Å². The highest BCUT2D eigenvalue weighted by molar-refractivity contribution is 5.91. The SMILES string of the molecule is COC(=O)[C@H](CC1(C(N)=O)CCN(C(=O)Oc2ccccc2)CC1)NC(=O)[C@H](CC(C)C)NC(=O)COc1ccccc1C.